The van der Waals surface area contributed by atoms with Crippen molar-refractivity contribution in [2.45, 2.75) is 25.4 Å². The number of nitrogens with two attached hydrogens (primary N) is 1. The maximum Gasteiger partial charge on any atom is 0.405 e. The molecule has 1 heterocycles. The fraction of sp³-hybridized carbons (Fsp3) is 0.909. The van der Waals surface area contributed by atoms with E-state index in [1.165, 1.54) is 6.07 Å². The number of rotatable bonds is 4. The molecule has 2 N–H and O–H groups in total. The predicted octanol–water partition coefficient (Wildman–Crippen LogP) is 1.75. The molecule has 0 aromatic carbocycles. The number of nitriles is 1. The van der Waals surface area contributed by atoms with E-state index in [4.69, 9.17) is 11.0 Å². The molecule has 1 rings (SSSR count). The lowest BCUT2D eigenvalue weighted by atomic mass is 9.93. The van der Waals surface area contributed by atoms with Crippen LogP contribution in [0.2, 0.25) is 0 Å². The Morgan fingerprint density at radius 2 is 1.94 bits per heavy atom. The van der Waals surface area contributed by atoms with Crippen molar-refractivity contribution >= 4 is 0 Å². The normalized spacial score (nSPS) is 21.1. The summed E-state index contributed by atoms with van der Waals surface area (Å²) >= 11 is 0. The van der Waals surface area contributed by atoms with Gasteiger partial charge in [0.25, 0.3) is 0 Å². The monoisotopic (exact) mass is 249 g/mol. The molecule has 0 aromatic rings. The van der Waals surface area contributed by atoms with Gasteiger partial charge in [-0.15, -0.1) is 0 Å². The number of halogens is 3. The van der Waals surface area contributed by atoms with Gasteiger partial charge in [0.05, 0.1) is 6.07 Å². The highest BCUT2D eigenvalue weighted by molar-refractivity contribution is 4.91. The van der Waals surface area contributed by atoms with E-state index in [0.29, 0.717) is 25.6 Å². The Kier molecular flexibility index (Phi) is 5.22. The molecule has 3 nitrogen and oxygen atoms in total. The average Bonchev–Trinajstić information content (AvgIpc) is 2.27. The molecule has 98 valence electrons. The summed E-state index contributed by atoms with van der Waals surface area (Å²) in [5, 5.41) is 8.52. The van der Waals surface area contributed by atoms with Crippen molar-refractivity contribution in [3.63, 3.8) is 0 Å². The molecule has 1 fully saturated rings. The summed E-state index contributed by atoms with van der Waals surface area (Å²) in [6, 6.07) is 1.34. The van der Waals surface area contributed by atoms with Crippen molar-refractivity contribution in [3.05, 3.63) is 0 Å². The molecule has 0 radical (unpaired) electrons. The molecule has 1 atom stereocenters. The van der Waals surface area contributed by atoms with Crippen LogP contribution in [0.4, 0.5) is 13.2 Å². The predicted molar refractivity (Wildman–Crippen MR) is 58.0 cm³/mol. The van der Waals surface area contributed by atoms with Crippen molar-refractivity contribution in [1.29, 1.82) is 5.26 Å². The molecule has 0 bridgehead atoms. The molecule has 0 aromatic heterocycles. The highest BCUT2D eigenvalue weighted by Crippen LogP contribution is 2.28. The summed E-state index contributed by atoms with van der Waals surface area (Å²) < 4.78 is 37.2. The second kappa shape index (κ2) is 6.22. The summed E-state index contributed by atoms with van der Waals surface area (Å²) in [5.74, 6) is -1.34. The van der Waals surface area contributed by atoms with Gasteiger partial charge in [0.1, 0.15) is 0 Å². The van der Waals surface area contributed by atoms with E-state index in [-0.39, 0.29) is 6.54 Å². The SMILES string of the molecule is N#CC(CN1CCC(CCN)CC1)C(F)(F)F. The van der Waals surface area contributed by atoms with Crippen LogP contribution in [0, 0.1) is 23.2 Å². The van der Waals surface area contributed by atoms with Crippen LogP contribution in [0.1, 0.15) is 19.3 Å². The standard InChI is InChI=1S/C11H18F3N3/c12-11(13,14)10(7-16)8-17-5-2-9(1-4-15)3-6-17/h9-10H,1-6,8,15H2. The highest BCUT2D eigenvalue weighted by Gasteiger charge is 2.41. The van der Waals surface area contributed by atoms with E-state index in [0.717, 1.165) is 19.3 Å². The van der Waals surface area contributed by atoms with Gasteiger partial charge < -0.3 is 10.6 Å². The highest BCUT2D eigenvalue weighted by atomic mass is 19.4. The van der Waals surface area contributed by atoms with Crippen molar-refractivity contribution in [2.75, 3.05) is 26.2 Å². The van der Waals surface area contributed by atoms with Gasteiger partial charge >= 0.3 is 6.18 Å². The van der Waals surface area contributed by atoms with Crippen LogP contribution in [0.3, 0.4) is 0 Å². The summed E-state index contributed by atoms with van der Waals surface area (Å²) in [6.45, 7) is 1.71. The first kappa shape index (κ1) is 14.3. The molecule has 17 heavy (non-hydrogen) atoms. The Labute approximate surface area is 99.4 Å². The number of piperidine rings is 1. The van der Waals surface area contributed by atoms with E-state index in [1.807, 2.05) is 0 Å². The number of alkyl halides is 3. The number of nitrogens with zero attached hydrogens (tertiary/aromatic N) is 2. The molecule has 0 aliphatic carbocycles. The maximum atomic E-state index is 12.4. The molecule has 0 spiro atoms. The Balaban J connectivity index is 2.37. The molecular weight excluding hydrogens is 231 g/mol. The van der Waals surface area contributed by atoms with Gasteiger partial charge in [-0.2, -0.15) is 18.4 Å². The zero-order valence-corrected chi connectivity index (χ0v) is 9.71. The van der Waals surface area contributed by atoms with Crippen molar-refractivity contribution in [1.82, 2.24) is 4.90 Å². The van der Waals surface area contributed by atoms with Gasteiger partial charge in [0.15, 0.2) is 5.92 Å². The lowest BCUT2D eigenvalue weighted by Gasteiger charge is -2.33. The molecule has 0 amide bonds. The first-order valence-corrected chi connectivity index (χ1v) is 5.86. The third kappa shape index (κ3) is 4.52. The summed E-state index contributed by atoms with van der Waals surface area (Å²) in [5.41, 5.74) is 5.45. The van der Waals surface area contributed by atoms with Crippen LogP contribution < -0.4 is 5.73 Å². The fourth-order valence-electron chi connectivity index (χ4n) is 2.17. The van der Waals surface area contributed by atoms with E-state index >= 15 is 0 Å². The van der Waals surface area contributed by atoms with Gasteiger partial charge in [-0.1, -0.05) is 0 Å². The fourth-order valence-corrected chi connectivity index (χ4v) is 2.17. The van der Waals surface area contributed by atoms with Gasteiger partial charge in [-0.3, -0.25) is 0 Å². The van der Waals surface area contributed by atoms with E-state index in [9.17, 15) is 13.2 Å². The summed E-state index contributed by atoms with van der Waals surface area (Å²) in [4.78, 5) is 1.73. The second-order valence-electron chi connectivity index (χ2n) is 4.54. The summed E-state index contributed by atoms with van der Waals surface area (Å²) in [7, 11) is 0. The second-order valence-corrected chi connectivity index (χ2v) is 4.54. The average molecular weight is 249 g/mol. The molecule has 6 heteroatoms. The van der Waals surface area contributed by atoms with E-state index in [1.54, 1.807) is 4.90 Å². The van der Waals surface area contributed by atoms with E-state index in [2.05, 4.69) is 0 Å². The number of likely N-dealkylation sites (tertiary alicyclic amines) is 1. The number of hydrogen-bond acceptors (Lipinski definition) is 3. The zero-order chi connectivity index (χ0) is 12.9. The van der Waals surface area contributed by atoms with Crippen molar-refractivity contribution in [2.24, 2.45) is 17.6 Å². The largest absolute Gasteiger partial charge is 0.405 e. The Hall–Kier alpha value is -0.800. The third-order valence-electron chi connectivity index (χ3n) is 3.27. The Morgan fingerprint density at radius 3 is 2.35 bits per heavy atom. The molecule has 1 aliphatic heterocycles. The Bertz CT molecular complexity index is 264. The van der Waals surface area contributed by atoms with Crippen molar-refractivity contribution in [3.8, 4) is 6.07 Å². The van der Waals surface area contributed by atoms with Gasteiger partial charge in [0, 0.05) is 6.54 Å². The van der Waals surface area contributed by atoms with Crippen LogP contribution in [-0.4, -0.2) is 37.3 Å². The third-order valence-corrected chi connectivity index (χ3v) is 3.27. The van der Waals surface area contributed by atoms with Crippen molar-refractivity contribution < 1.29 is 13.2 Å². The minimum absolute atomic E-state index is 0.199. The van der Waals surface area contributed by atoms with Crippen LogP contribution in [-0.2, 0) is 0 Å². The zero-order valence-electron chi connectivity index (χ0n) is 9.71. The maximum absolute atomic E-state index is 12.4. The van der Waals surface area contributed by atoms with Crippen LogP contribution >= 0.6 is 0 Å². The lowest BCUT2D eigenvalue weighted by molar-refractivity contribution is -0.163. The van der Waals surface area contributed by atoms with Crippen LogP contribution in [0.5, 0.6) is 0 Å². The molecular formula is C11H18F3N3. The quantitative estimate of drug-likeness (QED) is 0.825. The Morgan fingerprint density at radius 1 is 1.35 bits per heavy atom. The minimum Gasteiger partial charge on any atom is -0.330 e. The van der Waals surface area contributed by atoms with Gasteiger partial charge in [0.2, 0.25) is 0 Å². The first-order valence-electron chi connectivity index (χ1n) is 5.86. The molecule has 1 aliphatic rings. The van der Waals surface area contributed by atoms with Crippen LogP contribution in [0.25, 0.3) is 0 Å². The number of hydrogen-bond donors (Lipinski definition) is 1. The smallest absolute Gasteiger partial charge is 0.330 e. The molecule has 1 unspecified atom stereocenters. The first-order chi connectivity index (χ1) is 7.97. The molecule has 0 saturated carbocycles. The van der Waals surface area contributed by atoms with Gasteiger partial charge in [-0.25, -0.2) is 0 Å². The molecule has 1 saturated heterocycles. The lowest BCUT2D eigenvalue weighted by Crippen LogP contribution is -2.40. The minimum atomic E-state index is -4.41. The van der Waals surface area contributed by atoms with Gasteiger partial charge in [-0.05, 0) is 44.8 Å². The van der Waals surface area contributed by atoms with Crippen LogP contribution in [0.15, 0.2) is 0 Å². The van der Waals surface area contributed by atoms with E-state index < -0.39 is 12.1 Å². The topological polar surface area (TPSA) is 53.0 Å². The summed E-state index contributed by atoms with van der Waals surface area (Å²) in [6.07, 6.45) is -1.71.